The maximum Gasteiger partial charge on any atom is 0.253 e. The van der Waals surface area contributed by atoms with Gasteiger partial charge in [-0.3, -0.25) is 9.69 Å². The summed E-state index contributed by atoms with van der Waals surface area (Å²) >= 11 is 3.36. The number of nitrogens with zero attached hydrogens (tertiary/aromatic N) is 2. The maximum absolute atomic E-state index is 12.4. The molecule has 2 N–H and O–H groups in total. The first-order valence-electron chi connectivity index (χ1n) is 6.68. The summed E-state index contributed by atoms with van der Waals surface area (Å²) < 4.78 is 0.781. The molecule has 1 saturated heterocycles. The van der Waals surface area contributed by atoms with Gasteiger partial charge in [-0.2, -0.15) is 0 Å². The average molecular weight is 326 g/mol. The zero-order valence-corrected chi connectivity index (χ0v) is 12.8. The largest absolute Gasteiger partial charge is 0.398 e. The molecule has 0 aliphatic carbocycles. The number of benzene rings is 1. The molecule has 1 amide bonds. The number of halogens is 1. The van der Waals surface area contributed by atoms with Gasteiger partial charge >= 0.3 is 0 Å². The molecule has 0 unspecified atom stereocenters. The number of carbonyl (C=O) groups is 1. The van der Waals surface area contributed by atoms with E-state index in [1.54, 1.807) is 18.2 Å². The molecule has 1 aromatic carbocycles. The Hall–Kier alpha value is -1.07. The number of amides is 1. The van der Waals surface area contributed by atoms with Crippen molar-refractivity contribution in [2.24, 2.45) is 0 Å². The lowest BCUT2D eigenvalue weighted by Crippen LogP contribution is -2.48. The third kappa shape index (κ3) is 3.48. The quantitative estimate of drug-likeness (QED) is 0.867. The van der Waals surface area contributed by atoms with E-state index >= 15 is 0 Å². The zero-order chi connectivity index (χ0) is 13.8. The van der Waals surface area contributed by atoms with Crippen molar-refractivity contribution in [1.82, 2.24) is 9.80 Å². The summed E-state index contributed by atoms with van der Waals surface area (Å²) in [5.41, 5.74) is 7.10. The number of nitrogen functional groups attached to an aromatic ring is 1. The van der Waals surface area contributed by atoms with Gasteiger partial charge in [0.25, 0.3) is 5.91 Å². The lowest BCUT2D eigenvalue weighted by molar-refractivity contribution is 0.0637. The van der Waals surface area contributed by atoms with Crippen LogP contribution in [0.15, 0.2) is 22.7 Å². The number of hydrogen-bond acceptors (Lipinski definition) is 3. The predicted molar refractivity (Wildman–Crippen MR) is 81.2 cm³/mol. The molecule has 1 aromatic rings. The minimum Gasteiger partial charge on any atom is -0.398 e. The Morgan fingerprint density at radius 1 is 1.32 bits per heavy atom. The number of piperazine rings is 1. The van der Waals surface area contributed by atoms with E-state index in [1.165, 1.54) is 6.42 Å². The molecule has 4 nitrogen and oxygen atoms in total. The smallest absolute Gasteiger partial charge is 0.253 e. The Labute approximate surface area is 122 Å². The number of carbonyl (C=O) groups excluding carboxylic acids is 1. The van der Waals surface area contributed by atoms with Crippen molar-refractivity contribution in [2.75, 3.05) is 38.5 Å². The van der Waals surface area contributed by atoms with Gasteiger partial charge in [0.1, 0.15) is 0 Å². The topological polar surface area (TPSA) is 49.6 Å². The van der Waals surface area contributed by atoms with Crippen LogP contribution >= 0.6 is 15.9 Å². The van der Waals surface area contributed by atoms with Crippen LogP contribution in [0.25, 0.3) is 0 Å². The Morgan fingerprint density at radius 2 is 2.00 bits per heavy atom. The highest BCUT2D eigenvalue weighted by Gasteiger charge is 2.21. The van der Waals surface area contributed by atoms with Gasteiger partial charge in [0, 0.05) is 41.9 Å². The Balaban J connectivity index is 1.99. The first-order chi connectivity index (χ1) is 9.11. The van der Waals surface area contributed by atoms with Crippen LogP contribution in [0, 0.1) is 0 Å². The van der Waals surface area contributed by atoms with Gasteiger partial charge in [-0.05, 0) is 47.1 Å². The van der Waals surface area contributed by atoms with E-state index in [0.717, 1.165) is 37.2 Å². The van der Waals surface area contributed by atoms with Crippen LogP contribution in [0.5, 0.6) is 0 Å². The van der Waals surface area contributed by atoms with Crippen LogP contribution in [0.1, 0.15) is 23.7 Å². The summed E-state index contributed by atoms with van der Waals surface area (Å²) in [5, 5.41) is 0. The van der Waals surface area contributed by atoms with Gasteiger partial charge < -0.3 is 10.6 Å². The summed E-state index contributed by atoms with van der Waals surface area (Å²) in [6.45, 7) is 6.85. The molecule has 0 saturated carbocycles. The fourth-order valence-corrected chi connectivity index (χ4v) is 2.71. The third-order valence-electron chi connectivity index (χ3n) is 3.45. The molecule has 0 atom stereocenters. The van der Waals surface area contributed by atoms with Gasteiger partial charge in [0.05, 0.1) is 0 Å². The summed E-state index contributed by atoms with van der Waals surface area (Å²) in [5.74, 6) is 0.0943. The lowest BCUT2D eigenvalue weighted by Gasteiger charge is -2.34. The third-order valence-corrected chi connectivity index (χ3v) is 4.13. The molecule has 0 bridgehead atoms. The van der Waals surface area contributed by atoms with Gasteiger partial charge in [0.2, 0.25) is 0 Å². The average Bonchev–Trinajstić information content (AvgIpc) is 2.42. The standard InChI is InChI=1S/C14H20BrN3O/c1-2-5-17-6-8-18(9-7-17)14(19)11-3-4-13(16)12(15)10-11/h3-4,10H,2,5-9,16H2,1H3. The van der Waals surface area contributed by atoms with E-state index < -0.39 is 0 Å². The summed E-state index contributed by atoms with van der Waals surface area (Å²) in [6, 6.07) is 5.36. The highest BCUT2D eigenvalue weighted by Crippen LogP contribution is 2.21. The molecule has 2 rings (SSSR count). The molecule has 19 heavy (non-hydrogen) atoms. The Morgan fingerprint density at radius 3 is 2.58 bits per heavy atom. The minimum absolute atomic E-state index is 0.0943. The zero-order valence-electron chi connectivity index (χ0n) is 11.2. The molecule has 0 radical (unpaired) electrons. The first kappa shape index (κ1) is 14.3. The SMILES string of the molecule is CCCN1CCN(C(=O)c2ccc(N)c(Br)c2)CC1. The van der Waals surface area contributed by atoms with E-state index in [2.05, 4.69) is 27.8 Å². The molecule has 104 valence electrons. The molecule has 5 heteroatoms. The van der Waals surface area contributed by atoms with Crippen LogP contribution in [-0.4, -0.2) is 48.4 Å². The molecule has 0 spiro atoms. The molecule has 1 heterocycles. The fraction of sp³-hybridized carbons (Fsp3) is 0.500. The van der Waals surface area contributed by atoms with Crippen LogP contribution in [0.4, 0.5) is 5.69 Å². The second-order valence-electron chi connectivity index (χ2n) is 4.87. The number of hydrogen-bond donors (Lipinski definition) is 1. The van der Waals surface area contributed by atoms with E-state index in [4.69, 9.17) is 5.73 Å². The summed E-state index contributed by atoms with van der Waals surface area (Å²) in [6.07, 6.45) is 1.17. The van der Waals surface area contributed by atoms with Crippen LogP contribution in [0.3, 0.4) is 0 Å². The fourth-order valence-electron chi connectivity index (χ4n) is 2.33. The van der Waals surface area contributed by atoms with Crippen molar-refractivity contribution in [3.05, 3.63) is 28.2 Å². The molecule has 0 aromatic heterocycles. The Bertz CT molecular complexity index is 456. The first-order valence-corrected chi connectivity index (χ1v) is 7.47. The predicted octanol–water partition coefficient (Wildman–Crippen LogP) is 2.20. The highest BCUT2D eigenvalue weighted by molar-refractivity contribution is 9.10. The maximum atomic E-state index is 12.4. The van der Waals surface area contributed by atoms with E-state index in [0.29, 0.717) is 11.3 Å². The van der Waals surface area contributed by atoms with Crippen molar-refractivity contribution in [3.63, 3.8) is 0 Å². The molecule has 1 fully saturated rings. The van der Waals surface area contributed by atoms with Gasteiger partial charge in [-0.1, -0.05) is 6.92 Å². The van der Waals surface area contributed by atoms with Crippen LogP contribution in [0.2, 0.25) is 0 Å². The lowest BCUT2D eigenvalue weighted by atomic mass is 10.1. The van der Waals surface area contributed by atoms with Crippen molar-refractivity contribution < 1.29 is 4.79 Å². The summed E-state index contributed by atoms with van der Waals surface area (Å²) in [7, 11) is 0. The number of anilines is 1. The van der Waals surface area contributed by atoms with Crippen LogP contribution < -0.4 is 5.73 Å². The molecular weight excluding hydrogens is 306 g/mol. The van der Waals surface area contributed by atoms with Crippen LogP contribution in [-0.2, 0) is 0 Å². The van der Waals surface area contributed by atoms with E-state index in [-0.39, 0.29) is 5.91 Å². The van der Waals surface area contributed by atoms with Gasteiger partial charge in [-0.25, -0.2) is 0 Å². The van der Waals surface area contributed by atoms with Crippen molar-refractivity contribution in [3.8, 4) is 0 Å². The molecule has 1 aliphatic rings. The molecule has 1 aliphatic heterocycles. The van der Waals surface area contributed by atoms with Crippen molar-refractivity contribution in [2.45, 2.75) is 13.3 Å². The van der Waals surface area contributed by atoms with E-state index in [9.17, 15) is 4.79 Å². The number of rotatable bonds is 3. The summed E-state index contributed by atoms with van der Waals surface area (Å²) in [4.78, 5) is 16.7. The Kier molecular flexibility index (Phi) is 4.82. The minimum atomic E-state index is 0.0943. The van der Waals surface area contributed by atoms with Crippen molar-refractivity contribution >= 4 is 27.5 Å². The normalized spacial score (nSPS) is 16.6. The monoisotopic (exact) mass is 325 g/mol. The van der Waals surface area contributed by atoms with Gasteiger partial charge in [0.15, 0.2) is 0 Å². The second-order valence-corrected chi connectivity index (χ2v) is 5.72. The number of nitrogens with two attached hydrogens (primary N) is 1. The van der Waals surface area contributed by atoms with E-state index in [1.807, 2.05) is 4.90 Å². The highest BCUT2D eigenvalue weighted by atomic mass is 79.9. The van der Waals surface area contributed by atoms with Crippen molar-refractivity contribution in [1.29, 1.82) is 0 Å². The second kappa shape index (κ2) is 6.39. The molecular formula is C14H20BrN3O. The van der Waals surface area contributed by atoms with Gasteiger partial charge in [-0.15, -0.1) is 0 Å².